The van der Waals surface area contributed by atoms with Gasteiger partial charge in [-0.15, -0.1) is 0 Å². The minimum Gasteiger partial charge on any atom is -0.382 e. The highest BCUT2D eigenvalue weighted by Gasteiger charge is 2.25. The van der Waals surface area contributed by atoms with E-state index < -0.39 is 27.5 Å². The topological polar surface area (TPSA) is 116 Å². The van der Waals surface area contributed by atoms with E-state index in [1.807, 2.05) is 12.1 Å². The highest BCUT2D eigenvalue weighted by atomic mass is 127. The Morgan fingerprint density at radius 1 is 1.30 bits per heavy atom. The average molecular weight is 590 g/mol. The molecule has 3 N–H and O–H groups in total. The number of aromatic nitrogens is 4. The van der Waals surface area contributed by atoms with Gasteiger partial charge in [-0.05, 0) is 78.5 Å². The molecule has 1 unspecified atom stereocenters. The molecule has 3 aromatic rings. The standard InChI is InChI=1S/C21H25F2IN6O2S/c1-11(2)33(31,32)26-6-3-7-30-17(27-18-19(25)28-21(23)29-20(18)30)10-13-8-14-12(9-16(13)24)4-5-15(14)22/h8-9,11,15,26H,3-7,10H2,1-2H3,(H2,25,28,29). The molecular formula is C21H25F2IN6O2S. The van der Waals surface area contributed by atoms with Crippen LogP contribution < -0.4 is 10.5 Å². The van der Waals surface area contributed by atoms with E-state index in [0.29, 0.717) is 37.2 Å². The molecule has 4 rings (SSSR count). The van der Waals surface area contributed by atoms with Gasteiger partial charge in [0.05, 0.1) is 5.25 Å². The average Bonchev–Trinajstić information content (AvgIpc) is 3.26. The number of halogens is 3. The Hall–Kier alpha value is -1.93. The summed E-state index contributed by atoms with van der Waals surface area (Å²) >= 11 is 2.23. The smallest absolute Gasteiger partial charge is 0.312 e. The lowest BCUT2D eigenvalue weighted by molar-refractivity contribution is 0.343. The van der Waals surface area contributed by atoms with Crippen molar-refractivity contribution < 1.29 is 17.2 Å². The summed E-state index contributed by atoms with van der Waals surface area (Å²) < 4.78 is 57.6. The third-order valence-corrected chi connectivity index (χ3v) is 8.67. The molecule has 2 aromatic heterocycles. The molecule has 0 saturated carbocycles. The maximum absolute atomic E-state index is 14.3. The first-order valence-electron chi connectivity index (χ1n) is 10.7. The number of hydrogen-bond donors (Lipinski definition) is 2. The summed E-state index contributed by atoms with van der Waals surface area (Å²) in [5.41, 5.74) is 9.07. The Labute approximate surface area is 204 Å². The molecular weight excluding hydrogens is 565 g/mol. The highest BCUT2D eigenvalue weighted by Crippen LogP contribution is 2.37. The van der Waals surface area contributed by atoms with Crippen LogP contribution in [-0.2, 0) is 29.4 Å². The fraction of sp³-hybridized carbons (Fsp3) is 0.476. The molecule has 0 spiro atoms. The van der Waals surface area contributed by atoms with E-state index in [1.165, 1.54) is 0 Å². The van der Waals surface area contributed by atoms with Crippen molar-refractivity contribution in [1.29, 1.82) is 0 Å². The Morgan fingerprint density at radius 2 is 2.06 bits per heavy atom. The van der Waals surface area contributed by atoms with Crippen LogP contribution in [0.3, 0.4) is 0 Å². The summed E-state index contributed by atoms with van der Waals surface area (Å²) in [6.45, 7) is 3.76. The number of rotatable bonds is 8. The molecule has 8 nitrogen and oxygen atoms in total. The monoisotopic (exact) mass is 590 g/mol. The summed E-state index contributed by atoms with van der Waals surface area (Å²) in [5, 5.41) is -0.537. The number of aryl methyl sites for hydroxylation is 2. The van der Waals surface area contributed by atoms with Gasteiger partial charge in [0.2, 0.25) is 10.0 Å². The molecule has 1 aliphatic carbocycles. The second kappa shape index (κ2) is 9.37. The molecule has 0 saturated heterocycles. The van der Waals surface area contributed by atoms with Gasteiger partial charge in [0.1, 0.15) is 12.0 Å². The number of sulfonamides is 1. The third-order valence-electron chi connectivity index (χ3n) is 5.82. The first kappa shape index (κ1) is 24.2. The molecule has 0 bridgehead atoms. The van der Waals surface area contributed by atoms with Crippen molar-refractivity contribution in [3.8, 4) is 0 Å². The van der Waals surface area contributed by atoms with Crippen LogP contribution in [0.25, 0.3) is 11.2 Å². The number of fused-ring (bicyclic) bond motifs is 2. The first-order valence-corrected chi connectivity index (χ1v) is 13.3. The van der Waals surface area contributed by atoms with Crippen LogP contribution in [-0.4, -0.2) is 39.7 Å². The van der Waals surface area contributed by atoms with E-state index in [1.54, 1.807) is 18.4 Å². The molecule has 1 atom stereocenters. The van der Waals surface area contributed by atoms with E-state index >= 15 is 0 Å². The summed E-state index contributed by atoms with van der Waals surface area (Å²) in [4.78, 5) is 12.0. The van der Waals surface area contributed by atoms with Crippen molar-refractivity contribution in [1.82, 2.24) is 24.2 Å². The molecule has 1 aromatic carbocycles. The number of hydrogen-bond acceptors (Lipinski definition) is 6. The van der Waals surface area contributed by atoms with Crippen molar-refractivity contribution in [2.75, 3.05) is 12.3 Å². The van der Waals surface area contributed by atoms with Gasteiger partial charge in [-0.1, -0.05) is 6.07 Å². The highest BCUT2D eigenvalue weighted by molar-refractivity contribution is 14.1. The number of anilines is 1. The van der Waals surface area contributed by atoms with E-state index in [2.05, 4.69) is 42.3 Å². The molecule has 178 valence electrons. The molecule has 0 fully saturated rings. The van der Waals surface area contributed by atoms with E-state index in [4.69, 9.17) is 5.73 Å². The Balaban J connectivity index is 1.65. The molecule has 0 radical (unpaired) electrons. The number of nitrogens with one attached hydrogen (secondary N) is 1. The minimum absolute atomic E-state index is 0.0644. The largest absolute Gasteiger partial charge is 0.382 e. The molecule has 33 heavy (non-hydrogen) atoms. The van der Waals surface area contributed by atoms with Crippen LogP contribution in [0, 0.1) is 9.65 Å². The Morgan fingerprint density at radius 3 is 2.79 bits per heavy atom. The number of nitrogen functional groups attached to an aromatic ring is 1. The lowest BCUT2D eigenvalue weighted by Gasteiger charge is -2.13. The maximum atomic E-state index is 14.3. The second-order valence-electron chi connectivity index (χ2n) is 8.40. The molecule has 1 aliphatic rings. The quantitative estimate of drug-likeness (QED) is 0.236. The lowest BCUT2D eigenvalue weighted by atomic mass is 10.0. The predicted octanol–water partition coefficient (Wildman–Crippen LogP) is 3.42. The molecule has 0 amide bonds. The van der Waals surface area contributed by atoms with Crippen molar-refractivity contribution in [2.24, 2.45) is 0 Å². The summed E-state index contributed by atoms with van der Waals surface area (Å²) in [6.07, 6.45) is 0.0883. The fourth-order valence-electron chi connectivity index (χ4n) is 3.96. The van der Waals surface area contributed by atoms with Crippen LogP contribution in [0.1, 0.15) is 55.4 Å². The Bertz CT molecular complexity index is 1310. The molecule has 0 aliphatic heterocycles. The van der Waals surface area contributed by atoms with Crippen LogP contribution in [0.15, 0.2) is 12.1 Å². The normalized spacial score (nSPS) is 16.1. The van der Waals surface area contributed by atoms with Crippen molar-refractivity contribution >= 4 is 49.6 Å². The van der Waals surface area contributed by atoms with Crippen molar-refractivity contribution in [2.45, 2.75) is 57.5 Å². The van der Waals surface area contributed by atoms with Gasteiger partial charge < -0.3 is 10.3 Å². The number of nitrogens with zero attached hydrogens (tertiary/aromatic N) is 4. The number of alkyl halides is 1. The summed E-state index contributed by atoms with van der Waals surface area (Å²) in [6, 6.07) is 3.89. The first-order chi connectivity index (χ1) is 15.6. The van der Waals surface area contributed by atoms with E-state index in [-0.39, 0.29) is 23.5 Å². The van der Waals surface area contributed by atoms with Gasteiger partial charge in [0, 0.05) is 23.1 Å². The van der Waals surface area contributed by atoms with Crippen molar-refractivity contribution in [3.63, 3.8) is 0 Å². The zero-order chi connectivity index (χ0) is 23.9. The maximum Gasteiger partial charge on any atom is 0.312 e. The SMILES string of the molecule is CC(C)S(=O)(=O)NCCCn1c(Cc2cc3c(cc2I)CCC3F)nc2c(N)nc(F)nc21. The lowest BCUT2D eigenvalue weighted by Crippen LogP contribution is -2.32. The summed E-state index contributed by atoms with van der Waals surface area (Å²) in [7, 11) is -3.39. The van der Waals surface area contributed by atoms with Crippen molar-refractivity contribution in [3.05, 3.63) is 44.3 Å². The minimum atomic E-state index is -3.39. The van der Waals surface area contributed by atoms with Gasteiger partial charge in [-0.25, -0.2) is 22.5 Å². The van der Waals surface area contributed by atoms with Crippen LogP contribution >= 0.6 is 22.6 Å². The Kier molecular flexibility index (Phi) is 6.87. The molecule has 12 heteroatoms. The second-order valence-corrected chi connectivity index (χ2v) is 11.9. The van der Waals surface area contributed by atoms with E-state index in [9.17, 15) is 17.2 Å². The summed E-state index contributed by atoms with van der Waals surface area (Å²) in [5.74, 6) is 0.514. The zero-order valence-electron chi connectivity index (χ0n) is 18.3. The van der Waals surface area contributed by atoms with Crippen LogP contribution in [0.2, 0.25) is 0 Å². The van der Waals surface area contributed by atoms with Gasteiger partial charge in [0.15, 0.2) is 17.0 Å². The van der Waals surface area contributed by atoms with Gasteiger partial charge in [-0.3, -0.25) is 0 Å². The third kappa shape index (κ3) is 4.97. The van der Waals surface area contributed by atoms with Gasteiger partial charge >= 0.3 is 6.08 Å². The van der Waals surface area contributed by atoms with Crippen LogP contribution in [0.4, 0.5) is 14.6 Å². The van der Waals surface area contributed by atoms with Crippen LogP contribution in [0.5, 0.6) is 0 Å². The number of nitrogens with two attached hydrogens (primary N) is 1. The number of imidazole rings is 1. The fourth-order valence-corrected chi connectivity index (χ4v) is 5.44. The van der Waals surface area contributed by atoms with Gasteiger partial charge in [-0.2, -0.15) is 14.4 Å². The predicted molar refractivity (Wildman–Crippen MR) is 131 cm³/mol. The van der Waals surface area contributed by atoms with E-state index in [0.717, 1.165) is 21.1 Å². The van der Waals surface area contributed by atoms with Gasteiger partial charge in [0.25, 0.3) is 0 Å². The molecule has 2 heterocycles. The number of benzene rings is 1. The zero-order valence-corrected chi connectivity index (χ0v) is 21.3.